The topological polar surface area (TPSA) is 126 Å². The first kappa shape index (κ1) is 36.3. The molecule has 0 fully saturated rings. The molecule has 0 aliphatic carbocycles. The fraction of sp³-hybridized carbons (Fsp3) is 0.500. The summed E-state index contributed by atoms with van der Waals surface area (Å²) in [5, 5.41) is 8.77. The van der Waals surface area contributed by atoms with Gasteiger partial charge in [-0.2, -0.15) is 0 Å². The minimum Gasteiger partial charge on any atom is -0.382 e. The fourth-order valence-corrected chi connectivity index (χ4v) is 5.08. The van der Waals surface area contributed by atoms with Crippen molar-refractivity contribution in [2.45, 2.75) is 71.4 Å². The summed E-state index contributed by atoms with van der Waals surface area (Å²) >= 11 is 0. The Hall–Kier alpha value is -4.20. The van der Waals surface area contributed by atoms with Crippen LogP contribution in [0.25, 0.3) is 0 Å². The van der Waals surface area contributed by atoms with Gasteiger partial charge in [0.15, 0.2) is 0 Å². The third kappa shape index (κ3) is 12.7. The molecule has 0 bridgehead atoms. The molecule has 0 saturated heterocycles. The average molecular weight is 633 g/mol. The maximum atomic E-state index is 13.3. The highest BCUT2D eigenvalue weighted by Gasteiger charge is 2.21. The Morgan fingerprint density at radius 1 is 0.804 bits per heavy atom. The van der Waals surface area contributed by atoms with Crippen LogP contribution in [0.2, 0.25) is 0 Å². The highest BCUT2D eigenvalue weighted by Crippen LogP contribution is 2.25. The summed E-state index contributed by atoms with van der Waals surface area (Å²) in [4.78, 5) is 51.9. The lowest BCUT2D eigenvalue weighted by Crippen LogP contribution is -2.38. The molecular formula is C36H48N4O6. The number of fused-ring (bicyclic) bond motifs is 2. The van der Waals surface area contributed by atoms with Crippen molar-refractivity contribution in [2.24, 2.45) is 5.92 Å². The summed E-state index contributed by atoms with van der Waals surface area (Å²) in [6, 6.07) is 15.4. The molecule has 0 aromatic heterocycles. The average Bonchev–Trinajstić information content (AvgIpc) is 3.03. The van der Waals surface area contributed by atoms with Crippen molar-refractivity contribution < 1.29 is 28.7 Å². The number of carbonyl (C=O) groups excluding carboxylic acids is 4. The van der Waals surface area contributed by atoms with Crippen molar-refractivity contribution >= 4 is 29.3 Å². The zero-order valence-electron chi connectivity index (χ0n) is 27.4. The molecule has 46 heavy (non-hydrogen) atoms. The number of methoxy groups -OCH3 is 1. The molecule has 1 aliphatic heterocycles. The Bertz CT molecular complexity index is 1370. The minimum atomic E-state index is -0.184. The molecule has 0 radical (unpaired) electrons. The number of carbonyl (C=O) groups is 4. The number of unbranched alkanes of at least 4 members (excludes halogenated alkanes) is 1. The summed E-state index contributed by atoms with van der Waals surface area (Å²) in [7, 11) is 1.58. The van der Waals surface area contributed by atoms with Crippen LogP contribution in [-0.2, 0) is 35.2 Å². The van der Waals surface area contributed by atoms with E-state index in [4.69, 9.17) is 9.47 Å². The van der Waals surface area contributed by atoms with E-state index in [1.54, 1.807) is 12.0 Å². The predicted molar refractivity (Wildman–Crippen MR) is 178 cm³/mol. The number of nitrogens with one attached hydrogen (secondary N) is 3. The predicted octanol–water partition coefficient (Wildman–Crippen LogP) is 3.70. The molecule has 1 aliphatic rings. The summed E-state index contributed by atoms with van der Waals surface area (Å²) in [6.45, 7) is 6.16. The number of anilines is 1. The van der Waals surface area contributed by atoms with E-state index in [0.29, 0.717) is 32.7 Å². The lowest BCUT2D eigenvalue weighted by atomic mass is 9.98. The van der Waals surface area contributed by atoms with Gasteiger partial charge in [-0.25, -0.2) is 0 Å². The first-order chi connectivity index (χ1) is 22.3. The van der Waals surface area contributed by atoms with Crippen LogP contribution in [0.5, 0.6) is 0 Å². The Labute approximate surface area is 273 Å². The van der Waals surface area contributed by atoms with Crippen molar-refractivity contribution in [2.75, 3.05) is 44.9 Å². The third-order valence-electron chi connectivity index (χ3n) is 7.72. The van der Waals surface area contributed by atoms with Crippen molar-refractivity contribution in [3.8, 4) is 11.8 Å². The van der Waals surface area contributed by atoms with Crippen LogP contribution in [0.15, 0.2) is 48.5 Å². The zero-order valence-corrected chi connectivity index (χ0v) is 27.4. The maximum absolute atomic E-state index is 13.3. The third-order valence-corrected chi connectivity index (χ3v) is 7.72. The molecule has 2 aromatic rings. The van der Waals surface area contributed by atoms with Crippen molar-refractivity contribution in [3.63, 3.8) is 0 Å². The number of amides is 4. The molecule has 0 saturated carbocycles. The van der Waals surface area contributed by atoms with E-state index in [2.05, 4.69) is 41.6 Å². The van der Waals surface area contributed by atoms with Crippen molar-refractivity contribution in [1.82, 2.24) is 16.0 Å². The van der Waals surface area contributed by atoms with Crippen LogP contribution >= 0.6 is 0 Å². The second-order valence-corrected chi connectivity index (χ2v) is 11.7. The lowest BCUT2D eigenvalue weighted by Gasteiger charge is -2.26. The van der Waals surface area contributed by atoms with Gasteiger partial charge in [-0.15, -0.1) is 0 Å². The molecule has 10 heteroatoms. The summed E-state index contributed by atoms with van der Waals surface area (Å²) in [6.07, 6.45) is 3.49. The van der Waals surface area contributed by atoms with Gasteiger partial charge in [-0.1, -0.05) is 56.0 Å². The molecule has 0 spiro atoms. The molecule has 2 aromatic carbocycles. The molecule has 1 heterocycles. The Balaban J connectivity index is 1.33. The molecular weight excluding hydrogens is 584 g/mol. The second-order valence-electron chi connectivity index (χ2n) is 11.7. The lowest BCUT2D eigenvalue weighted by molar-refractivity contribution is -0.126. The molecule has 1 unspecified atom stereocenters. The summed E-state index contributed by atoms with van der Waals surface area (Å²) < 4.78 is 10.1. The molecule has 3 N–H and O–H groups in total. The highest BCUT2D eigenvalue weighted by molar-refractivity contribution is 5.95. The van der Waals surface area contributed by atoms with E-state index in [0.717, 1.165) is 41.6 Å². The Kier molecular flexibility index (Phi) is 15.8. The van der Waals surface area contributed by atoms with Gasteiger partial charge in [0.2, 0.25) is 23.6 Å². The molecule has 10 nitrogen and oxygen atoms in total. The maximum Gasteiger partial charge on any atom is 0.245 e. The van der Waals surface area contributed by atoms with Gasteiger partial charge in [0.1, 0.15) is 6.61 Å². The van der Waals surface area contributed by atoms with E-state index >= 15 is 0 Å². The first-order valence-corrected chi connectivity index (χ1v) is 16.2. The quantitative estimate of drug-likeness (QED) is 0.160. The van der Waals surface area contributed by atoms with Gasteiger partial charge in [0, 0.05) is 56.6 Å². The van der Waals surface area contributed by atoms with E-state index < -0.39 is 0 Å². The normalized spacial score (nSPS) is 12.5. The Morgan fingerprint density at radius 3 is 2.28 bits per heavy atom. The van der Waals surface area contributed by atoms with Gasteiger partial charge in [0.05, 0.1) is 25.4 Å². The van der Waals surface area contributed by atoms with Gasteiger partial charge >= 0.3 is 0 Å². The number of para-hydroxylation sites is 1. The van der Waals surface area contributed by atoms with Crippen LogP contribution in [-0.4, -0.2) is 69.7 Å². The van der Waals surface area contributed by atoms with Crippen LogP contribution < -0.4 is 20.9 Å². The fourth-order valence-electron chi connectivity index (χ4n) is 5.08. The number of ether oxygens (including phenoxy) is 2. The van der Waals surface area contributed by atoms with Gasteiger partial charge in [-0.3, -0.25) is 19.2 Å². The summed E-state index contributed by atoms with van der Waals surface area (Å²) in [5.41, 5.74) is 3.42. The van der Waals surface area contributed by atoms with Crippen LogP contribution in [0, 0.1) is 17.8 Å². The smallest absolute Gasteiger partial charge is 0.245 e. The number of hydrogen-bond acceptors (Lipinski definition) is 6. The van der Waals surface area contributed by atoms with E-state index in [1.165, 1.54) is 0 Å². The van der Waals surface area contributed by atoms with E-state index in [9.17, 15) is 19.2 Å². The SMILES string of the molecule is COCCOCC(=O)NCCCCC(NC(=O)CCCC(=O)NCCC(=O)N1Cc2ccccc2C#Cc2ccccc21)C(C)C. The summed E-state index contributed by atoms with van der Waals surface area (Å²) in [5.74, 6) is 6.15. The zero-order chi connectivity index (χ0) is 33.1. The monoisotopic (exact) mass is 632 g/mol. The largest absolute Gasteiger partial charge is 0.382 e. The standard InChI is InChI=1S/C36H48N4O6/c1-27(2)31(14-8-9-21-37-35(43)26-46-24-23-45-3)39-34(42)17-10-16-33(41)38-22-20-36(44)40-25-30-13-5-4-11-28(30)18-19-29-12-6-7-15-32(29)40/h4-7,11-13,15,27,31H,8-10,14,16-17,20-26H2,1-3H3,(H,37,43)(H,38,41)(H,39,42). The number of nitrogens with zero attached hydrogens (tertiary/aromatic N) is 1. The van der Waals surface area contributed by atoms with Gasteiger partial charge < -0.3 is 30.3 Å². The molecule has 1 atom stereocenters. The van der Waals surface area contributed by atoms with Crippen LogP contribution in [0.4, 0.5) is 5.69 Å². The van der Waals surface area contributed by atoms with Crippen LogP contribution in [0.3, 0.4) is 0 Å². The van der Waals surface area contributed by atoms with Crippen LogP contribution in [0.1, 0.15) is 75.5 Å². The number of rotatable bonds is 19. The van der Waals surface area contributed by atoms with Crippen molar-refractivity contribution in [1.29, 1.82) is 0 Å². The second kappa shape index (κ2) is 20.0. The van der Waals surface area contributed by atoms with E-state index in [1.807, 2.05) is 48.5 Å². The number of benzene rings is 2. The molecule has 3 rings (SSSR count). The van der Waals surface area contributed by atoms with Gasteiger partial charge in [-0.05, 0) is 55.4 Å². The molecule has 4 amide bonds. The Morgan fingerprint density at radius 2 is 1.50 bits per heavy atom. The molecule has 248 valence electrons. The highest BCUT2D eigenvalue weighted by atomic mass is 16.5. The number of hydrogen-bond donors (Lipinski definition) is 3. The minimum absolute atomic E-state index is 0.0171. The van der Waals surface area contributed by atoms with E-state index in [-0.39, 0.29) is 68.0 Å². The van der Waals surface area contributed by atoms with Gasteiger partial charge in [0.25, 0.3) is 0 Å². The first-order valence-electron chi connectivity index (χ1n) is 16.2. The van der Waals surface area contributed by atoms with Crippen molar-refractivity contribution in [3.05, 3.63) is 65.2 Å².